The fourth-order valence-corrected chi connectivity index (χ4v) is 2.10. The van der Waals surface area contributed by atoms with Gasteiger partial charge in [-0.3, -0.25) is 0 Å². The summed E-state index contributed by atoms with van der Waals surface area (Å²) in [5, 5.41) is 9.08. The van der Waals surface area contributed by atoms with Gasteiger partial charge in [0.05, 0.1) is 10.6 Å². The van der Waals surface area contributed by atoms with Gasteiger partial charge in [-0.05, 0) is 34.1 Å². The fourth-order valence-electron chi connectivity index (χ4n) is 1.61. The van der Waals surface area contributed by atoms with E-state index in [1.54, 1.807) is 0 Å². The van der Waals surface area contributed by atoms with Crippen molar-refractivity contribution in [3.63, 3.8) is 0 Å². The van der Waals surface area contributed by atoms with Crippen molar-refractivity contribution < 1.29 is 27.8 Å². The molecule has 0 saturated heterocycles. The van der Waals surface area contributed by atoms with Crippen LogP contribution in [-0.4, -0.2) is 23.4 Å². The van der Waals surface area contributed by atoms with Gasteiger partial charge in [0.15, 0.2) is 0 Å². The van der Waals surface area contributed by atoms with Gasteiger partial charge in [-0.25, -0.2) is 4.79 Å². The van der Waals surface area contributed by atoms with Crippen LogP contribution in [0, 0.1) is 0 Å². The summed E-state index contributed by atoms with van der Waals surface area (Å²) in [4.78, 5) is 10.9. The van der Waals surface area contributed by atoms with Crippen molar-refractivity contribution >= 4 is 39.6 Å². The molecule has 1 N–H and O–H groups in total. The number of hydrogen-bond acceptors (Lipinski definition) is 2. The third-order valence-corrected chi connectivity index (χ3v) is 3.63. The number of aliphatic carboxylic acids is 1. The van der Waals surface area contributed by atoms with E-state index in [1.807, 2.05) is 0 Å². The highest BCUT2D eigenvalue weighted by Gasteiger charge is 2.48. The summed E-state index contributed by atoms with van der Waals surface area (Å²) in [5.74, 6) is -1.77. The molecular formula is C11H5BrClF3O3. The standard InChI is InChI=1S/C11H5BrClF3O3/c12-6-3-8-4(2-7(6)13)1-5(10(17)18)9(19-8)11(14,15)16/h1-3,9H,(H,17,18). The minimum atomic E-state index is -4.81. The zero-order valence-corrected chi connectivity index (χ0v) is 11.3. The Morgan fingerprint density at radius 3 is 2.58 bits per heavy atom. The Kier molecular flexibility index (Phi) is 3.53. The van der Waals surface area contributed by atoms with Gasteiger partial charge in [0.25, 0.3) is 0 Å². The van der Waals surface area contributed by atoms with Crippen molar-refractivity contribution in [2.75, 3.05) is 0 Å². The second-order valence-corrected chi connectivity index (χ2v) is 5.01. The van der Waals surface area contributed by atoms with Gasteiger partial charge in [-0.1, -0.05) is 11.6 Å². The van der Waals surface area contributed by atoms with Crippen LogP contribution in [0.15, 0.2) is 22.2 Å². The predicted molar refractivity (Wildman–Crippen MR) is 65.2 cm³/mol. The summed E-state index contributed by atoms with van der Waals surface area (Å²) in [6.45, 7) is 0. The van der Waals surface area contributed by atoms with Crippen LogP contribution in [0.4, 0.5) is 13.2 Å². The van der Waals surface area contributed by atoms with Crippen LogP contribution >= 0.6 is 27.5 Å². The first kappa shape index (κ1) is 14.2. The lowest BCUT2D eigenvalue weighted by Crippen LogP contribution is -2.40. The van der Waals surface area contributed by atoms with Crippen molar-refractivity contribution in [2.45, 2.75) is 12.3 Å². The number of hydrogen-bond donors (Lipinski definition) is 1. The molecule has 19 heavy (non-hydrogen) atoms. The van der Waals surface area contributed by atoms with E-state index in [0.29, 0.717) is 4.47 Å². The molecule has 0 amide bonds. The average Bonchev–Trinajstić information content (AvgIpc) is 2.27. The summed E-state index contributed by atoms with van der Waals surface area (Å²) in [7, 11) is 0. The monoisotopic (exact) mass is 356 g/mol. The molecule has 1 heterocycles. The number of halogens is 5. The molecule has 0 fully saturated rings. The molecule has 0 spiro atoms. The molecule has 0 aromatic heterocycles. The van der Waals surface area contributed by atoms with Gasteiger partial charge in [0.1, 0.15) is 5.75 Å². The number of ether oxygens (including phenoxy) is 1. The summed E-state index contributed by atoms with van der Waals surface area (Å²) < 4.78 is 43.4. The van der Waals surface area contributed by atoms with Crippen LogP contribution in [0.2, 0.25) is 5.02 Å². The highest BCUT2D eigenvalue weighted by atomic mass is 79.9. The lowest BCUT2D eigenvalue weighted by atomic mass is 10.0. The molecule has 1 atom stereocenters. The molecule has 102 valence electrons. The topological polar surface area (TPSA) is 46.5 Å². The molecule has 1 aromatic carbocycles. The quantitative estimate of drug-likeness (QED) is 0.829. The molecule has 0 saturated carbocycles. The van der Waals surface area contributed by atoms with Crippen LogP contribution in [0.1, 0.15) is 5.56 Å². The average molecular weight is 358 g/mol. The normalized spacial score (nSPS) is 18.4. The Balaban J connectivity index is 2.57. The Morgan fingerprint density at radius 1 is 1.42 bits per heavy atom. The Hall–Kier alpha value is -1.21. The van der Waals surface area contributed by atoms with Crippen LogP contribution in [-0.2, 0) is 4.79 Å². The maximum absolute atomic E-state index is 12.8. The first-order chi connectivity index (χ1) is 8.70. The SMILES string of the molecule is O=C(O)C1=Cc2cc(Cl)c(Br)cc2OC1C(F)(F)F. The minimum Gasteiger partial charge on any atom is -0.478 e. The molecule has 1 aliphatic rings. The number of fused-ring (bicyclic) bond motifs is 1. The molecule has 0 radical (unpaired) electrons. The Morgan fingerprint density at radius 2 is 2.05 bits per heavy atom. The molecule has 0 bridgehead atoms. The number of carboxylic acid groups (broad SMARTS) is 1. The molecule has 8 heteroatoms. The van der Waals surface area contributed by atoms with Crippen molar-refractivity contribution in [1.82, 2.24) is 0 Å². The van der Waals surface area contributed by atoms with E-state index in [9.17, 15) is 18.0 Å². The highest BCUT2D eigenvalue weighted by molar-refractivity contribution is 9.10. The Bertz CT molecular complexity index is 583. The van der Waals surface area contributed by atoms with Gasteiger partial charge >= 0.3 is 12.1 Å². The zero-order valence-electron chi connectivity index (χ0n) is 8.96. The maximum atomic E-state index is 12.8. The highest BCUT2D eigenvalue weighted by Crippen LogP contribution is 2.40. The fraction of sp³-hybridized carbons (Fsp3) is 0.182. The van der Waals surface area contributed by atoms with E-state index in [4.69, 9.17) is 21.4 Å². The first-order valence-corrected chi connectivity index (χ1v) is 6.04. The molecule has 1 aromatic rings. The third kappa shape index (κ3) is 2.71. The summed E-state index contributed by atoms with van der Waals surface area (Å²) in [6, 6.07) is 2.60. The lowest BCUT2D eigenvalue weighted by molar-refractivity contribution is -0.187. The zero-order chi connectivity index (χ0) is 14.4. The lowest BCUT2D eigenvalue weighted by Gasteiger charge is -2.27. The largest absolute Gasteiger partial charge is 0.478 e. The molecule has 2 rings (SSSR count). The van der Waals surface area contributed by atoms with Crippen molar-refractivity contribution in [3.05, 3.63) is 32.8 Å². The second-order valence-electron chi connectivity index (χ2n) is 3.75. The third-order valence-electron chi connectivity index (χ3n) is 2.44. The summed E-state index contributed by atoms with van der Waals surface area (Å²) in [5.41, 5.74) is -0.690. The molecular weight excluding hydrogens is 352 g/mol. The van der Waals surface area contributed by atoms with Crippen LogP contribution in [0.3, 0.4) is 0 Å². The van der Waals surface area contributed by atoms with Gasteiger partial charge in [0.2, 0.25) is 6.10 Å². The molecule has 1 aliphatic heterocycles. The predicted octanol–water partition coefficient (Wildman–Crippen LogP) is 3.89. The van der Waals surface area contributed by atoms with Gasteiger partial charge < -0.3 is 9.84 Å². The molecule has 1 unspecified atom stereocenters. The maximum Gasteiger partial charge on any atom is 0.430 e. The first-order valence-electron chi connectivity index (χ1n) is 4.87. The van der Waals surface area contributed by atoms with Crippen LogP contribution in [0.25, 0.3) is 6.08 Å². The van der Waals surface area contributed by atoms with Crippen molar-refractivity contribution in [3.8, 4) is 5.75 Å². The van der Waals surface area contributed by atoms with E-state index in [2.05, 4.69) is 15.9 Å². The van der Waals surface area contributed by atoms with Gasteiger partial charge in [-0.15, -0.1) is 0 Å². The number of alkyl halides is 3. The molecule has 0 aliphatic carbocycles. The van der Waals surface area contributed by atoms with E-state index < -0.39 is 23.8 Å². The number of benzene rings is 1. The van der Waals surface area contributed by atoms with Crippen LogP contribution < -0.4 is 4.74 Å². The van der Waals surface area contributed by atoms with Gasteiger partial charge in [0, 0.05) is 10.0 Å². The second kappa shape index (κ2) is 4.72. The smallest absolute Gasteiger partial charge is 0.430 e. The summed E-state index contributed by atoms with van der Waals surface area (Å²) in [6.07, 6.45) is -6.39. The van der Waals surface area contributed by atoms with Crippen molar-refractivity contribution in [2.24, 2.45) is 0 Å². The van der Waals surface area contributed by atoms with Crippen molar-refractivity contribution in [1.29, 1.82) is 0 Å². The van der Waals surface area contributed by atoms with Crippen LogP contribution in [0.5, 0.6) is 5.75 Å². The van der Waals surface area contributed by atoms with Gasteiger partial charge in [-0.2, -0.15) is 13.2 Å². The minimum absolute atomic E-state index is 0.0800. The Labute approximate surface area is 118 Å². The van der Waals surface area contributed by atoms with E-state index >= 15 is 0 Å². The molecule has 3 nitrogen and oxygen atoms in total. The number of carbonyl (C=O) groups is 1. The number of carboxylic acids is 1. The summed E-state index contributed by atoms with van der Waals surface area (Å²) >= 11 is 8.86. The van der Waals surface area contributed by atoms with E-state index in [-0.39, 0.29) is 16.3 Å². The number of rotatable bonds is 1. The van der Waals surface area contributed by atoms with E-state index in [0.717, 1.165) is 6.08 Å². The van der Waals surface area contributed by atoms with E-state index in [1.165, 1.54) is 12.1 Å².